The van der Waals surface area contributed by atoms with Crippen molar-refractivity contribution in [3.8, 4) is 11.5 Å². The molecule has 1 heterocycles. The third-order valence-corrected chi connectivity index (χ3v) is 6.64. The number of thioether (sulfide) groups is 1. The van der Waals surface area contributed by atoms with E-state index in [4.69, 9.17) is 4.42 Å². The molecule has 0 saturated heterocycles. The highest BCUT2D eigenvalue weighted by atomic mass is 32.2. The highest BCUT2D eigenvalue weighted by Gasteiger charge is 2.12. The van der Waals surface area contributed by atoms with Crippen LogP contribution in [0.4, 0.5) is 0 Å². The predicted octanol–water partition coefficient (Wildman–Crippen LogP) is 5.28. The molecule has 0 aliphatic heterocycles. The molecular weight excluding hydrogens is 404 g/mol. The average molecular weight is 423 g/mol. The summed E-state index contributed by atoms with van der Waals surface area (Å²) in [6.07, 6.45) is 1.59. The Bertz CT molecular complexity index is 1290. The van der Waals surface area contributed by atoms with E-state index >= 15 is 0 Å². The van der Waals surface area contributed by atoms with E-state index in [1.165, 1.54) is 17.2 Å². The van der Waals surface area contributed by atoms with Gasteiger partial charge < -0.3 is 4.42 Å². The Kier molecular flexibility index (Phi) is 5.51. The predicted molar refractivity (Wildman–Crippen MR) is 115 cm³/mol. The van der Waals surface area contributed by atoms with E-state index in [2.05, 4.69) is 10.2 Å². The summed E-state index contributed by atoms with van der Waals surface area (Å²) in [7, 11) is -3.51. The number of nitrogens with zero attached hydrogens (tertiary/aromatic N) is 2. The molecule has 0 atom stereocenters. The van der Waals surface area contributed by atoms with Crippen molar-refractivity contribution in [1.82, 2.24) is 10.2 Å². The second-order valence-corrected chi connectivity index (χ2v) is 9.23. The summed E-state index contributed by atoms with van der Waals surface area (Å²) in [6.45, 7) is 1.98. The molecule has 0 unspecified atom stereocenters. The van der Waals surface area contributed by atoms with Crippen LogP contribution in [0.25, 0.3) is 22.2 Å². The summed E-state index contributed by atoms with van der Waals surface area (Å²) in [4.78, 5) is 0.275. The van der Waals surface area contributed by atoms with Gasteiger partial charge in [-0.2, -0.15) is 0 Å². The van der Waals surface area contributed by atoms with Gasteiger partial charge in [0.1, 0.15) is 0 Å². The Hall–Kier alpha value is -2.90. The lowest BCUT2D eigenvalue weighted by molar-refractivity contribution is 0.466. The Balaban J connectivity index is 1.43. The fourth-order valence-corrected chi connectivity index (χ4v) is 4.65. The summed E-state index contributed by atoms with van der Waals surface area (Å²) in [5.74, 6) is 0.862. The molecule has 1 aromatic heterocycles. The smallest absolute Gasteiger partial charge is 0.277 e. The van der Waals surface area contributed by atoms with E-state index in [-0.39, 0.29) is 4.90 Å². The van der Waals surface area contributed by atoms with Gasteiger partial charge in [-0.25, -0.2) is 8.42 Å². The zero-order valence-electron chi connectivity index (χ0n) is 15.6. The van der Waals surface area contributed by atoms with Crippen LogP contribution in [-0.4, -0.2) is 24.4 Å². The monoisotopic (exact) mass is 422 g/mol. The molecule has 0 amide bonds. The summed E-state index contributed by atoms with van der Waals surface area (Å²) in [6, 6.07) is 20.6. The zero-order valence-corrected chi connectivity index (χ0v) is 17.3. The average Bonchev–Trinajstić information content (AvgIpc) is 3.20. The number of aromatic nitrogens is 2. The number of hydrogen-bond donors (Lipinski definition) is 0. The largest absolute Gasteiger partial charge is 0.411 e. The van der Waals surface area contributed by atoms with E-state index in [1.54, 1.807) is 18.2 Å². The fraction of sp³-hybridized carbons (Fsp3) is 0.0909. The first-order valence-electron chi connectivity index (χ1n) is 8.96. The molecule has 29 heavy (non-hydrogen) atoms. The molecule has 0 saturated carbocycles. The molecule has 0 fully saturated rings. The highest BCUT2D eigenvalue weighted by molar-refractivity contribution is 7.99. The van der Waals surface area contributed by atoms with Crippen LogP contribution in [0.2, 0.25) is 0 Å². The van der Waals surface area contributed by atoms with Gasteiger partial charge in [-0.05, 0) is 41.5 Å². The molecule has 4 rings (SSSR count). The first kappa shape index (κ1) is 19.4. The van der Waals surface area contributed by atoms with Crippen LogP contribution in [0.15, 0.2) is 92.7 Å². The number of aryl methyl sites for hydroxylation is 1. The van der Waals surface area contributed by atoms with Crippen molar-refractivity contribution in [2.45, 2.75) is 17.0 Å². The first-order chi connectivity index (χ1) is 14.0. The fourth-order valence-electron chi connectivity index (χ4n) is 2.90. The molecule has 4 aromatic rings. The maximum absolute atomic E-state index is 12.6. The number of sulfone groups is 1. The van der Waals surface area contributed by atoms with Crippen molar-refractivity contribution in [2.75, 3.05) is 5.75 Å². The van der Waals surface area contributed by atoms with Crippen molar-refractivity contribution in [1.29, 1.82) is 0 Å². The van der Waals surface area contributed by atoms with Crippen molar-refractivity contribution in [3.63, 3.8) is 0 Å². The minimum Gasteiger partial charge on any atom is -0.411 e. The minimum atomic E-state index is -3.51. The van der Waals surface area contributed by atoms with E-state index in [1.807, 2.05) is 61.5 Å². The SMILES string of the molecule is Cc1ccccc1-c1nnc(SCC=CS(=O)(=O)c2ccc3ccccc3c2)o1. The first-order valence-corrected chi connectivity index (χ1v) is 11.5. The van der Waals surface area contributed by atoms with Crippen LogP contribution in [0.1, 0.15) is 5.56 Å². The molecule has 5 nitrogen and oxygen atoms in total. The van der Waals surface area contributed by atoms with Gasteiger partial charge in [-0.1, -0.05) is 66.4 Å². The second kappa shape index (κ2) is 8.23. The molecule has 0 aliphatic rings. The van der Waals surface area contributed by atoms with Gasteiger partial charge in [0, 0.05) is 16.7 Å². The van der Waals surface area contributed by atoms with Gasteiger partial charge in [-0.15, -0.1) is 10.2 Å². The summed E-state index contributed by atoms with van der Waals surface area (Å²) in [5.41, 5.74) is 1.94. The van der Waals surface area contributed by atoms with Crippen molar-refractivity contribution >= 4 is 32.4 Å². The lowest BCUT2D eigenvalue weighted by atomic mass is 10.1. The lowest BCUT2D eigenvalue weighted by Gasteiger charge is -2.02. The molecule has 0 bridgehead atoms. The molecular formula is C22H18N2O3S2. The third kappa shape index (κ3) is 4.41. The second-order valence-electron chi connectivity index (χ2n) is 6.42. The summed E-state index contributed by atoms with van der Waals surface area (Å²) in [5, 5.41) is 11.6. The van der Waals surface area contributed by atoms with Crippen molar-refractivity contribution in [3.05, 3.63) is 83.8 Å². The van der Waals surface area contributed by atoms with Crippen molar-refractivity contribution < 1.29 is 12.8 Å². The highest BCUT2D eigenvalue weighted by Crippen LogP contribution is 2.26. The maximum Gasteiger partial charge on any atom is 0.277 e. The van der Waals surface area contributed by atoms with Gasteiger partial charge in [0.05, 0.1) is 4.90 Å². The van der Waals surface area contributed by atoms with E-state index < -0.39 is 9.84 Å². The normalized spacial score (nSPS) is 12.0. The number of rotatable bonds is 6. The zero-order chi connectivity index (χ0) is 20.3. The van der Waals surface area contributed by atoms with Gasteiger partial charge >= 0.3 is 0 Å². The Morgan fingerprint density at radius 3 is 2.55 bits per heavy atom. The molecule has 7 heteroatoms. The molecule has 0 spiro atoms. The standard InChI is InChI=1S/C22H18N2O3S2/c1-16-7-2-5-10-20(16)21-23-24-22(27-21)28-13-6-14-29(25,26)19-12-11-17-8-3-4-9-18(17)15-19/h2-12,14-15H,13H2,1H3. The van der Waals surface area contributed by atoms with Crippen LogP contribution < -0.4 is 0 Å². The Morgan fingerprint density at radius 2 is 1.72 bits per heavy atom. The summed E-state index contributed by atoms with van der Waals surface area (Å²) < 4.78 is 30.8. The lowest BCUT2D eigenvalue weighted by Crippen LogP contribution is -1.96. The van der Waals surface area contributed by atoms with Gasteiger partial charge in [-0.3, -0.25) is 0 Å². The Labute approximate surface area is 173 Å². The van der Waals surface area contributed by atoms with Crippen LogP contribution >= 0.6 is 11.8 Å². The van der Waals surface area contributed by atoms with Gasteiger partial charge in [0.2, 0.25) is 5.89 Å². The molecule has 0 N–H and O–H groups in total. The van der Waals surface area contributed by atoms with Crippen LogP contribution in [0.5, 0.6) is 0 Å². The van der Waals surface area contributed by atoms with Crippen LogP contribution in [0, 0.1) is 6.92 Å². The van der Waals surface area contributed by atoms with Gasteiger partial charge in [0.25, 0.3) is 5.22 Å². The van der Waals surface area contributed by atoms with Crippen LogP contribution in [0.3, 0.4) is 0 Å². The molecule has 146 valence electrons. The van der Waals surface area contributed by atoms with E-state index in [0.29, 0.717) is 16.9 Å². The van der Waals surface area contributed by atoms with Gasteiger partial charge in [0.15, 0.2) is 9.84 Å². The Morgan fingerprint density at radius 1 is 0.966 bits per heavy atom. The van der Waals surface area contributed by atoms with E-state index in [0.717, 1.165) is 21.9 Å². The molecule has 0 radical (unpaired) electrons. The molecule has 3 aromatic carbocycles. The van der Waals surface area contributed by atoms with Crippen molar-refractivity contribution in [2.24, 2.45) is 0 Å². The number of benzene rings is 3. The third-order valence-electron chi connectivity index (χ3n) is 4.41. The number of hydrogen-bond acceptors (Lipinski definition) is 6. The number of fused-ring (bicyclic) bond motifs is 1. The topological polar surface area (TPSA) is 73.1 Å². The van der Waals surface area contributed by atoms with E-state index in [9.17, 15) is 8.42 Å². The maximum atomic E-state index is 12.6. The summed E-state index contributed by atoms with van der Waals surface area (Å²) >= 11 is 1.29. The quantitative estimate of drug-likeness (QED) is 0.394. The minimum absolute atomic E-state index is 0.275. The molecule has 0 aliphatic carbocycles. The van der Waals surface area contributed by atoms with Crippen LogP contribution in [-0.2, 0) is 9.84 Å².